The van der Waals surface area contributed by atoms with Crippen molar-refractivity contribution in [2.24, 2.45) is 0 Å². The summed E-state index contributed by atoms with van der Waals surface area (Å²) in [5.41, 5.74) is 1.83. The first-order valence-corrected chi connectivity index (χ1v) is 9.75. The lowest BCUT2D eigenvalue weighted by Gasteiger charge is -2.16. The zero-order chi connectivity index (χ0) is 20.6. The Bertz CT molecular complexity index is 1230. The molecule has 0 amide bonds. The third-order valence-corrected chi connectivity index (χ3v) is 5.35. The standard InChI is InChI=1S/C21H18FN5OS/c1-21(2,28)13-26-11-16(10-24-26)14-7-19(29-18-6-4-3-5-17(18)22)20-15(8-23)9-25-27(20)12-14/h3-7,9-12,28H,13H2,1-2H3. The number of aromatic nitrogens is 4. The van der Waals surface area contributed by atoms with E-state index >= 15 is 0 Å². The average molecular weight is 407 g/mol. The van der Waals surface area contributed by atoms with Crippen LogP contribution >= 0.6 is 11.8 Å². The van der Waals surface area contributed by atoms with Gasteiger partial charge in [0.25, 0.3) is 0 Å². The van der Waals surface area contributed by atoms with E-state index in [1.165, 1.54) is 24.0 Å². The molecule has 0 radical (unpaired) electrons. The molecule has 0 saturated carbocycles. The van der Waals surface area contributed by atoms with Crippen molar-refractivity contribution in [2.45, 2.75) is 35.8 Å². The monoisotopic (exact) mass is 407 g/mol. The maximum absolute atomic E-state index is 14.2. The molecule has 0 atom stereocenters. The van der Waals surface area contributed by atoms with E-state index in [9.17, 15) is 14.8 Å². The lowest BCUT2D eigenvalue weighted by molar-refractivity contribution is 0.0577. The van der Waals surface area contributed by atoms with Gasteiger partial charge in [-0.1, -0.05) is 23.9 Å². The van der Waals surface area contributed by atoms with Crippen molar-refractivity contribution in [1.29, 1.82) is 5.26 Å². The molecule has 146 valence electrons. The third-order valence-electron chi connectivity index (χ3n) is 4.27. The zero-order valence-corrected chi connectivity index (χ0v) is 16.7. The second-order valence-electron chi connectivity index (χ2n) is 7.33. The first-order valence-electron chi connectivity index (χ1n) is 8.93. The Morgan fingerprint density at radius 3 is 2.66 bits per heavy atom. The molecule has 1 aromatic carbocycles. The van der Waals surface area contributed by atoms with E-state index in [-0.39, 0.29) is 5.82 Å². The lowest BCUT2D eigenvalue weighted by atomic mass is 10.1. The summed E-state index contributed by atoms with van der Waals surface area (Å²) in [7, 11) is 0. The van der Waals surface area contributed by atoms with Gasteiger partial charge in [0, 0.05) is 33.3 Å². The van der Waals surface area contributed by atoms with Crippen LogP contribution in [0, 0.1) is 17.1 Å². The van der Waals surface area contributed by atoms with Crippen molar-refractivity contribution >= 4 is 17.3 Å². The summed E-state index contributed by atoms with van der Waals surface area (Å²) in [4.78, 5) is 1.19. The number of halogens is 1. The number of fused-ring (bicyclic) bond motifs is 1. The summed E-state index contributed by atoms with van der Waals surface area (Å²) < 4.78 is 17.5. The Kier molecular flexibility index (Phi) is 4.86. The molecule has 4 aromatic rings. The van der Waals surface area contributed by atoms with Crippen LogP contribution in [-0.2, 0) is 6.54 Å². The number of benzene rings is 1. The maximum atomic E-state index is 14.2. The van der Waals surface area contributed by atoms with Crippen molar-refractivity contribution in [3.8, 4) is 17.2 Å². The van der Waals surface area contributed by atoms with Crippen molar-refractivity contribution < 1.29 is 9.50 Å². The quantitative estimate of drug-likeness (QED) is 0.538. The maximum Gasteiger partial charge on any atom is 0.137 e. The van der Waals surface area contributed by atoms with E-state index in [0.29, 0.717) is 22.5 Å². The molecule has 4 rings (SSSR count). The molecule has 6 nitrogen and oxygen atoms in total. The van der Waals surface area contributed by atoms with Gasteiger partial charge in [-0.2, -0.15) is 15.5 Å². The first-order chi connectivity index (χ1) is 13.8. The fourth-order valence-corrected chi connectivity index (χ4v) is 4.08. The Morgan fingerprint density at radius 2 is 1.93 bits per heavy atom. The van der Waals surface area contributed by atoms with Gasteiger partial charge in [-0.15, -0.1) is 0 Å². The van der Waals surface area contributed by atoms with Crippen molar-refractivity contribution in [2.75, 3.05) is 0 Å². The van der Waals surface area contributed by atoms with Crippen LogP contribution in [0.1, 0.15) is 19.4 Å². The molecule has 0 unspecified atom stereocenters. The molecule has 0 fully saturated rings. The van der Waals surface area contributed by atoms with Gasteiger partial charge in [0.15, 0.2) is 0 Å². The zero-order valence-electron chi connectivity index (χ0n) is 15.9. The van der Waals surface area contributed by atoms with Crippen LogP contribution in [0.25, 0.3) is 16.6 Å². The molecular formula is C21H18FN5OS. The minimum atomic E-state index is -0.886. The summed E-state index contributed by atoms with van der Waals surface area (Å²) in [6, 6.07) is 10.6. The average Bonchev–Trinajstić information content (AvgIpc) is 3.28. The molecule has 0 saturated heterocycles. The number of hydrogen-bond donors (Lipinski definition) is 1. The van der Waals surface area contributed by atoms with Crippen LogP contribution < -0.4 is 0 Å². The van der Waals surface area contributed by atoms with Gasteiger partial charge < -0.3 is 5.11 Å². The van der Waals surface area contributed by atoms with Gasteiger partial charge in [-0.3, -0.25) is 4.68 Å². The molecule has 3 aromatic heterocycles. The Morgan fingerprint density at radius 1 is 1.14 bits per heavy atom. The Hall–Kier alpha value is -3.15. The molecule has 3 heterocycles. The molecule has 1 N–H and O–H groups in total. The summed E-state index contributed by atoms with van der Waals surface area (Å²) in [5, 5.41) is 28.1. The van der Waals surface area contributed by atoms with E-state index in [1.807, 2.05) is 18.5 Å². The number of hydrogen-bond acceptors (Lipinski definition) is 5. The predicted octanol–water partition coefficient (Wildman–Crippen LogP) is 4.13. The fourth-order valence-electron chi connectivity index (χ4n) is 3.04. The van der Waals surface area contributed by atoms with Crippen LogP contribution in [-0.4, -0.2) is 30.1 Å². The highest BCUT2D eigenvalue weighted by atomic mass is 32.2. The van der Waals surface area contributed by atoms with E-state index in [0.717, 1.165) is 16.0 Å². The number of nitrogens with zero attached hydrogens (tertiary/aromatic N) is 5. The van der Waals surface area contributed by atoms with Crippen LogP contribution in [0.3, 0.4) is 0 Å². The molecule has 8 heteroatoms. The van der Waals surface area contributed by atoms with E-state index < -0.39 is 5.60 Å². The predicted molar refractivity (Wildman–Crippen MR) is 108 cm³/mol. The Labute approximate surface area is 171 Å². The molecule has 0 aliphatic carbocycles. The number of pyridine rings is 1. The first kappa shape index (κ1) is 19.2. The third kappa shape index (κ3) is 4.01. The smallest absolute Gasteiger partial charge is 0.137 e. The largest absolute Gasteiger partial charge is 0.389 e. The number of aliphatic hydroxyl groups is 1. The molecule has 0 spiro atoms. The van der Waals surface area contributed by atoms with E-state index in [2.05, 4.69) is 16.3 Å². The minimum Gasteiger partial charge on any atom is -0.389 e. The van der Waals surface area contributed by atoms with Crippen molar-refractivity contribution in [3.05, 3.63) is 66.5 Å². The summed E-state index contributed by atoms with van der Waals surface area (Å²) >= 11 is 1.25. The van der Waals surface area contributed by atoms with Gasteiger partial charge >= 0.3 is 0 Å². The van der Waals surface area contributed by atoms with Crippen LogP contribution in [0.4, 0.5) is 4.39 Å². The second kappa shape index (κ2) is 7.35. The summed E-state index contributed by atoms with van der Waals surface area (Å²) in [5.74, 6) is -0.322. The highest BCUT2D eigenvalue weighted by molar-refractivity contribution is 7.99. The Balaban J connectivity index is 1.81. The molecule has 0 aliphatic rings. The molecular weight excluding hydrogens is 389 g/mol. The van der Waals surface area contributed by atoms with Crippen molar-refractivity contribution in [1.82, 2.24) is 19.4 Å². The molecule has 29 heavy (non-hydrogen) atoms. The number of rotatable bonds is 5. The molecule has 0 bridgehead atoms. The van der Waals surface area contributed by atoms with Crippen LogP contribution in [0.2, 0.25) is 0 Å². The minimum absolute atomic E-state index is 0.322. The van der Waals surface area contributed by atoms with E-state index in [1.54, 1.807) is 47.4 Å². The highest BCUT2D eigenvalue weighted by Gasteiger charge is 2.17. The van der Waals surface area contributed by atoms with Gasteiger partial charge in [-0.05, 0) is 32.0 Å². The van der Waals surface area contributed by atoms with Gasteiger partial charge in [-0.25, -0.2) is 8.91 Å². The van der Waals surface area contributed by atoms with Gasteiger partial charge in [0.05, 0.1) is 35.6 Å². The fraction of sp³-hybridized carbons (Fsp3) is 0.190. The highest BCUT2D eigenvalue weighted by Crippen LogP contribution is 2.36. The SMILES string of the molecule is CC(C)(O)Cn1cc(-c2cc(Sc3ccccc3F)c3c(C#N)cnn3c2)cn1. The second-order valence-corrected chi connectivity index (χ2v) is 8.41. The summed E-state index contributed by atoms with van der Waals surface area (Å²) in [6.45, 7) is 3.79. The van der Waals surface area contributed by atoms with Crippen LogP contribution in [0.5, 0.6) is 0 Å². The van der Waals surface area contributed by atoms with Crippen LogP contribution in [0.15, 0.2) is 64.9 Å². The lowest BCUT2D eigenvalue weighted by Crippen LogP contribution is -2.26. The molecule has 0 aliphatic heterocycles. The van der Waals surface area contributed by atoms with Gasteiger partial charge in [0.2, 0.25) is 0 Å². The normalized spacial score (nSPS) is 11.7. The summed E-state index contributed by atoms with van der Waals surface area (Å²) in [6.07, 6.45) is 6.86. The topological polar surface area (TPSA) is 79.1 Å². The van der Waals surface area contributed by atoms with Gasteiger partial charge in [0.1, 0.15) is 11.9 Å². The number of nitriles is 1. The van der Waals surface area contributed by atoms with Crippen molar-refractivity contribution in [3.63, 3.8) is 0 Å². The van der Waals surface area contributed by atoms with E-state index in [4.69, 9.17) is 0 Å².